The summed E-state index contributed by atoms with van der Waals surface area (Å²) < 4.78 is 24.9. The SMILES string of the molecule is Cc1cnn(C[C@@H]2CCCN2C(=O)[C@H](C)S(C)(=O)=O)c1. The Morgan fingerprint density at radius 1 is 1.55 bits per heavy atom. The van der Waals surface area contributed by atoms with Gasteiger partial charge < -0.3 is 4.90 Å². The predicted octanol–water partition coefficient (Wildman–Crippen LogP) is 0.616. The molecule has 20 heavy (non-hydrogen) atoms. The molecule has 1 aliphatic rings. The summed E-state index contributed by atoms with van der Waals surface area (Å²) in [5.41, 5.74) is 1.07. The van der Waals surface area contributed by atoms with Crippen molar-refractivity contribution in [2.24, 2.45) is 0 Å². The molecule has 0 unspecified atom stereocenters. The van der Waals surface area contributed by atoms with Crippen molar-refractivity contribution < 1.29 is 13.2 Å². The van der Waals surface area contributed by atoms with Crippen molar-refractivity contribution in [2.75, 3.05) is 12.8 Å². The molecule has 0 N–H and O–H groups in total. The highest BCUT2D eigenvalue weighted by Gasteiger charge is 2.35. The van der Waals surface area contributed by atoms with Crippen LogP contribution in [0.3, 0.4) is 0 Å². The average Bonchev–Trinajstić information content (AvgIpc) is 2.96. The zero-order chi connectivity index (χ0) is 14.9. The van der Waals surface area contributed by atoms with Gasteiger partial charge in [-0.15, -0.1) is 0 Å². The molecule has 1 saturated heterocycles. The smallest absolute Gasteiger partial charge is 0.240 e. The number of nitrogens with zero attached hydrogens (tertiary/aromatic N) is 3. The summed E-state index contributed by atoms with van der Waals surface area (Å²) in [5.74, 6) is -0.293. The third kappa shape index (κ3) is 3.20. The second-order valence-corrected chi connectivity index (χ2v) is 7.91. The lowest BCUT2D eigenvalue weighted by Gasteiger charge is -2.26. The highest BCUT2D eigenvalue weighted by molar-refractivity contribution is 7.92. The zero-order valence-corrected chi connectivity index (χ0v) is 12.9. The predicted molar refractivity (Wildman–Crippen MR) is 76.0 cm³/mol. The van der Waals surface area contributed by atoms with Gasteiger partial charge in [-0.3, -0.25) is 9.48 Å². The number of aromatic nitrogens is 2. The van der Waals surface area contributed by atoms with Crippen LogP contribution in [0.4, 0.5) is 0 Å². The molecule has 2 atom stereocenters. The molecule has 0 aromatic carbocycles. The Hall–Kier alpha value is -1.37. The number of hydrogen-bond acceptors (Lipinski definition) is 4. The summed E-state index contributed by atoms with van der Waals surface area (Å²) in [5, 5.41) is 3.26. The maximum atomic E-state index is 12.3. The van der Waals surface area contributed by atoms with Crippen LogP contribution in [0.1, 0.15) is 25.3 Å². The van der Waals surface area contributed by atoms with Crippen molar-refractivity contribution in [3.05, 3.63) is 18.0 Å². The van der Waals surface area contributed by atoms with E-state index in [1.165, 1.54) is 6.92 Å². The minimum absolute atomic E-state index is 0.0333. The molecule has 2 rings (SSSR count). The monoisotopic (exact) mass is 299 g/mol. The van der Waals surface area contributed by atoms with E-state index in [1.807, 2.05) is 17.8 Å². The fourth-order valence-corrected chi connectivity index (χ4v) is 3.02. The lowest BCUT2D eigenvalue weighted by Crippen LogP contribution is -2.45. The highest BCUT2D eigenvalue weighted by atomic mass is 32.2. The molecule has 0 aliphatic carbocycles. The van der Waals surface area contributed by atoms with Crippen LogP contribution in [0.25, 0.3) is 0 Å². The van der Waals surface area contributed by atoms with Gasteiger partial charge in [-0.25, -0.2) is 8.42 Å². The maximum Gasteiger partial charge on any atom is 0.240 e. The van der Waals surface area contributed by atoms with Crippen molar-refractivity contribution in [1.82, 2.24) is 14.7 Å². The van der Waals surface area contributed by atoms with E-state index in [-0.39, 0.29) is 11.9 Å². The van der Waals surface area contributed by atoms with E-state index in [2.05, 4.69) is 5.10 Å². The summed E-state index contributed by atoms with van der Waals surface area (Å²) in [6, 6.07) is 0.0333. The molecular formula is C13H21N3O3S. The summed E-state index contributed by atoms with van der Waals surface area (Å²) >= 11 is 0. The van der Waals surface area contributed by atoms with Gasteiger partial charge in [-0.05, 0) is 32.3 Å². The van der Waals surface area contributed by atoms with Gasteiger partial charge in [0.2, 0.25) is 5.91 Å². The number of aryl methyl sites for hydroxylation is 1. The standard InChI is InChI=1S/C13H21N3O3S/c1-10-7-14-15(8-10)9-12-5-4-6-16(12)13(17)11(2)20(3,18)19/h7-8,11-12H,4-6,9H2,1-3H3/t11-,12-/m0/s1. The number of carbonyl (C=O) groups excluding carboxylic acids is 1. The Bertz CT molecular complexity index is 594. The quantitative estimate of drug-likeness (QED) is 0.817. The molecule has 2 heterocycles. The molecule has 1 aromatic rings. The largest absolute Gasteiger partial charge is 0.337 e. The Labute approximate surface area is 119 Å². The molecule has 6 nitrogen and oxygen atoms in total. The summed E-state index contributed by atoms with van der Waals surface area (Å²) in [6.07, 6.45) is 6.62. The van der Waals surface area contributed by atoms with Crippen LogP contribution in [-0.2, 0) is 21.2 Å². The van der Waals surface area contributed by atoms with Crippen LogP contribution in [0.5, 0.6) is 0 Å². The van der Waals surface area contributed by atoms with Gasteiger partial charge in [0, 0.05) is 19.0 Å². The lowest BCUT2D eigenvalue weighted by atomic mass is 10.2. The normalized spacial score (nSPS) is 21.1. The van der Waals surface area contributed by atoms with Crippen LogP contribution in [-0.4, -0.2) is 53.1 Å². The number of hydrogen-bond donors (Lipinski definition) is 0. The molecule has 0 spiro atoms. The molecule has 1 amide bonds. The average molecular weight is 299 g/mol. The van der Waals surface area contributed by atoms with E-state index in [9.17, 15) is 13.2 Å². The van der Waals surface area contributed by atoms with Crippen LogP contribution in [0.15, 0.2) is 12.4 Å². The van der Waals surface area contributed by atoms with Crippen molar-refractivity contribution in [2.45, 2.75) is 44.5 Å². The molecule has 0 saturated carbocycles. The van der Waals surface area contributed by atoms with E-state index in [1.54, 1.807) is 11.1 Å². The van der Waals surface area contributed by atoms with Crippen LogP contribution in [0, 0.1) is 6.92 Å². The molecule has 0 bridgehead atoms. The van der Waals surface area contributed by atoms with Crippen molar-refractivity contribution >= 4 is 15.7 Å². The minimum atomic E-state index is -3.35. The first-order valence-corrected chi connectivity index (χ1v) is 8.73. The van der Waals surface area contributed by atoms with Gasteiger partial charge >= 0.3 is 0 Å². The Kier molecular flexibility index (Phi) is 4.17. The van der Waals surface area contributed by atoms with Gasteiger partial charge in [0.1, 0.15) is 5.25 Å². The maximum absolute atomic E-state index is 12.3. The fourth-order valence-electron chi connectivity index (χ4n) is 2.52. The van der Waals surface area contributed by atoms with E-state index in [0.717, 1.165) is 24.7 Å². The van der Waals surface area contributed by atoms with E-state index < -0.39 is 15.1 Å². The van der Waals surface area contributed by atoms with Gasteiger partial charge in [-0.2, -0.15) is 5.10 Å². The van der Waals surface area contributed by atoms with E-state index in [0.29, 0.717) is 13.1 Å². The van der Waals surface area contributed by atoms with Crippen LogP contribution in [0.2, 0.25) is 0 Å². The fraction of sp³-hybridized carbons (Fsp3) is 0.692. The third-order valence-electron chi connectivity index (χ3n) is 3.81. The van der Waals surface area contributed by atoms with Gasteiger partial charge in [0.25, 0.3) is 0 Å². The molecule has 112 valence electrons. The Morgan fingerprint density at radius 3 is 2.80 bits per heavy atom. The van der Waals surface area contributed by atoms with E-state index in [4.69, 9.17) is 0 Å². The van der Waals surface area contributed by atoms with Crippen LogP contribution < -0.4 is 0 Å². The van der Waals surface area contributed by atoms with Crippen molar-refractivity contribution in [3.63, 3.8) is 0 Å². The molecule has 0 radical (unpaired) electrons. The second kappa shape index (κ2) is 5.55. The lowest BCUT2D eigenvalue weighted by molar-refractivity contribution is -0.131. The number of rotatable bonds is 4. The summed E-state index contributed by atoms with van der Waals surface area (Å²) in [7, 11) is -3.35. The van der Waals surface area contributed by atoms with Gasteiger partial charge in [-0.1, -0.05) is 0 Å². The first kappa shape index (κ1) is 15.0. The zero-order valence-electron chi connectivity index (χ0n) is 12.1. The highest BCUT2D eigenvalue weighted by Crippen LogP contribution is 2.21. The molecule has 1 aromatic heterocycles. The molecule has 1 fully saturated rings. The minimum Gasteiger partial charge on any atom is -0.337 e. The summed E-state index contributed by atoms with van der Waals surface area (Å²) in [4.78, 5) is 14.0. The van der Waals surface area contributed by atoms with Crippen molar-refractivity contribution in [3.8, 4) is 0 Å². The van der Waals surface area contributed by atoms with Crippen molar-refractivity contribution in [1.29, 1.82) is 0 Å². The first-order chi connectivity index (χ1) is 9.29. The first-order valence-electron chi connectivity index (χ1n) is 6.77. The number of sulfone groups is 1. The number of likely N-dealkylation sites (tertiary alicyclic amines) is 1. The molecular weight excluding hydrogens is 278 g/mol. The van der Waals surface area contributed by atoms with E-state index >= 15 is 0 Å². The topological polar surface area (TPSA) is 72.3 Å². The Balaban J connectivity index is 2.09. The van der Waals surface area contributed by atoms with Gasteiger partial charge in [0.15, 0.2) is 9.84 Å². The van der Waals surface area contributed by atoms with Crippen LogP contribution >= 0.6 is 0 Å². The third-order valence-corrected chi connectivity index (χ3v) is 5.30. The summed E-state index contributed by atoms with van der Waals surface area (Å²) in [6.45, 7) is 4.68. The number of amides is 1. The van der Waals surface area contributed by atoms with Gasteiger partial charge in [0.05, 0.1) is 18.8 Å². The molecule has 7 heteroatoms. The Morgan fingerprint density at radius 2 is 2.25 bits per heavy atom. The second-order valence-electron chi connectivity index (χ2n) is 5.54. The molecule has 1 aliphatic heterocycles. The number of carbonyl (C=O) groups is 1.